The van der Waals surface area contributed by atoms with Crippen molar-refractivity contribution >= 4 is 15.0 Å². The Kier molecular flexibility index (Phi) is 3.94. The molecule has 0 aliphatic carbocycles. The van der Waals surface area contributed by atoms with Crippen LogP contribution in [0, 0.1) is 0 Å². The lowest BCUT2D eigenvalue weighted by Crippen LogP contribution is -2.31. The molecule has 7 nitrogen and oxygen atoms in total. The van der Waals surface area contributed by atoms with E-state index in [1.165, 1.54) is 12.3 Å². The molecule has 4 N–H and O–H groups in total. The molecule has 1 aromatic rings. The molecule has 2 unspecified atom stereocenters. The molecule has 0 aliphatic rings. The SMILES string of the molecule is CP(=O)(O)C(O)(Cc1ccccn1)P(=O)(O)O. The van der Waals surface area contributed by atoms with E-state index >= 15 is 0 Å². The first-order valence-corrected chi connectivity index (χ1v) is 8.28. The van der Waals surface area contributed by atoms with E-state index in [9.17, 15) is 19.1 Å². The molecule has 17 heavy (non-hydrogen) atoms. The van der Waals surface area contributed by atoms with E-state index in [2.05, 4.69) is 4.98 Å². The van der Waals surface area contributed by atoms with E-state index in [0.29, 0.717) is 6.66 Å². The second-order valence-electron chi connectivity index (χ2n) is 3.70. The highest BCUT2D eigenvalue weighted by molar-refractivity contribution is 7.74. The summed E-state index contributed by atoms with van der Waals surface area (Å²) < 4.78 is 22.7. The van der Waals surface area contributed by atoms with Crippen LogP contribution in [0.3, 0.4) is 0 Å². The average Bonchev–Trinajstić information content (AvgIpc) is 2.15. The molecule has 0 radical (unpaired) electrons. The van der Waals surface area contributed by atoms with Gasteiger partial charge in [0.25, 0.3) is 0 Å². The molecule has 2 atom stereocenters. The van der Waals surface area contributed by atoms with Crippen molar-refractivity contribution in [1.29, 1.82) is 0 Å². The molecule has 0 amide bonds. The number of aliphatic hydroxyl groups is 1. The molecule has 0 aromatic carbocycles. The maximum absolute atomic E-state index is 11.5. The summed E-state index contributed by atoms with van der Waals surface area (Å²) in [6, 6.07) is 4.52. The molecule has 96 valence electrons. The minimum atomic E-state index is -5.17. The first-order valence-electron chi connectivity index (χ1n) is 4.56. The number of rotatable bonds is 4. The predicted octanol–water partition coefficient (Wildman–Crippen LogP) is 0.348. The zero-order chi connectivity index (χ0) is 13.3. The van der Waals surface area contributed by atoms with Crippen LogP contribution >= 0.6 is 15.0 Å². The van der Waals surface area contributed by atoms with Crippen LogP contribution in [0.4, 0.5) is 0 Å². The van der Waals surface area contributed by atoms with Crippen LogP contribution < -0.4 is 0 Å². The third-order valence-electron chi connectivity index (χ3n) is 2.28. The molecule has 0 aliphatic heterocycles. The Morgan fingerprint density at radius 3 is 2.24 bits per heavy atom. The van der Waals surface area contributed by atoms with Gasteiger partial charge in [-0.15, -0.1) is 0 Å². The molecule has 1 aromatic heterocycles. The zero-order valence-corrected chi connectivity index (χ0v) is 10.8. The molecule has 9 heteroatoms. The maximum Gasteiger partial charge on any atom is 0.367 e. The summed E-state index contributed by atoms with van der Waals surface area (Å²) in [5.41, 5.74) is 0.120. The van der Waals surface area contributed by atoms with Crippen LogP contribution in [-0.2, 0) is 15.6 Å². The Hall–Kier alpha value is -0.550. The summed E-state index contributed by atoms with van der Waals surface area (Å²) in [5, 5.41) is 6.82. The van der Waals surface area contributed by atoms with Crippen LogP contribution in [0.2, 0.25) is 0 Å². The second-order valence-corrected chi connectivity index (χ2v) is 8.37. The van der Waals surface area contributed by atoms with E-state index in [0.717, 1.165) is 0 Å². The fourth-order valence-electron chi connectivity index (χ4n) is 1.24. The summed E-state index contributed by atoms with van der Waals surface area (Å²) in [6.45, 7) is 0.703. The second kappa shape index (κ2) is 4.61. The lowest BCUT2D eigenvalue weighted by atomic mass is 10.3. The molecule has 0 bridgehead atoms. The molecule has 0 saturated carbocycles. The van der Waals surface area contributed by atoms with E-state index in [-0.39, 0.29) is 5.69 Å². The molecule has 1 heterocycles. The van der Waals surface area contributed by atoms with Crippen molar-refractivity contribution in [1.82, 2.24) is 4.98 Å². The minimum absolute atomic E-state index is 0.120. The number of nitrogens with zero attached hydrogens (tertiary/aromatic N) is 1. The molecule has 0 fully saturated rings. The smallest absolute Gasteiger partial charge is 0.367 e. The first kappa shape index (κ1) is 14.5. The van der Waals surface area contributed by atoms with Crippen LogP contribution in [0.1, 0.15) is 5.69 Å². The van der Waals surface area contributed by atoms with Gasteiger partial charge in [-0.3, -0.25) is 14.1 Å². The van der Waals surface area contributed by atoms with Crippen molar-refractivity contribution in [2.45, 2.75) is 11.5 Å². The van der Waals surface area contributed by atoms with Crippen LogP contribution in [0.5, 0.6) is 0 Å². The third-order valence-corrected chi connectivity index (χ3v) is 6.75. The summed E-state index contributed by atoms with van der Waals surface area (Å²) in [7, 11) is -9.59. The summed E-state index contributed by atoms with van der Waals surface area (Å²) in [6.07, 6.45) is 0.662. The molecule has 1 rings (SSSR count). The van der Waals surface area contributed by atoms with Gasteiger partial charge in [0.15, 0.2) is 0 Å². The standard InChI is InChI=1S/C8H13NO6P2/c1-16(11,12)8(10,17(13,14)15)6-7-4-2-3-5-9-7/h2-5,10H,6H2,1H3,(H,11,12)(H2,13,14,15). The monoisotopic (exact) mass is 281 g/mol. The van der Waals surface area contributed by atoms with Crippen molar-refractivity contribution in [3.05, 3.63) is 30.1 Å². The van der Waals surface area contributed by atoms with Gasteiger partial charge in [0.1, 0.15) is 0 Å². The van der Waals surface area contributed by atoms with Gasteiger partial charge in [-0.2, -0.15) is 0 Å². The zero-order valence-electron chi connectivity index (χ0n) is 8.96. The van der Waals surface area contributed by atoms with E-state index in [4.69, 9.17) is 9.79 Å². The van der Waals surface area contributed by atoms with Crippen molar-refractivity contribution in [2.75, 3.05) is 6.66 Å². The Bertz CT molecular complexity index is 456. The third kappa shape index (κ3) is 3.01. The lowest BCUT2D eigenvalue weighted by Gasteiger charge is -2.30. The van der Waals surface area contributed by atoms with Gasteiger partial charge in [-0.05, 0) is 12.1 Å². The summed E-state index contributed by atoms with van der Waals surface area (Å²) >= 11 is 0. The lowest BCUT2D eigenvalue weighted by molar-refractivity contribution is 0.149. The van der Waals surface area contributed by atoms with E-state index in [1.807, 2.05) is 0 Å². The van der Waals surface area contributed by atoms with Gasteiger partial charge in [-0.25, -0.2) is 0 Å². The Balaban J connectivity index is 3.20. The van der Waals surface area contributed by atoms with Gasteiger partial charge in [0.2, 0.25) is 12.5 Å². The van der Waals surface area contributed by atoms with E-state index in [1.54, 1.807) is 12.1 Å². The van der Waals surface area contributed by atoms with Crippen molar-refractivity contribution < 1.29 is 28.9 Å². The number of pyridine rings is 1. The predicted molar refractivity (Wildman–Crippen MR) is 60.7 cm³/mol. The van der Waals surface area contributed by atoms with Gasteiger partial charge < -0.3 is 19.8 Å². The van der Waals surface area contributed by atoms with Crippen molar-refractivity contribution in [3.63, 3.8) is 0 Å². The first-order chi connectivity index (χ1) is 7.58. The van der Waals surface area contributed by atoms with Gasteiger partial charge in [-0.1, -0.05) is 6.07 Å². The minimum Gasteiger partial charge on any atom is -0.369 e. The fraction of sp³-hybridized carbons (Fsp3) is 0.375. The molecule has 0 saturated heterocycles. The molecule has 0 spiro atoms. The summed E-state index contributed by atoms with van der Waals surface area (Å²) in [5.74, 6) is 0. The fourth-order valence-corrected chi connectivity index (χ4v) is 3.99. The number of hydrogen-bond acceptors (Lipinski definition) is 4. The van der Waals surface area contributed by atoms with Crippen LogP contribution in [0.25, 0.3) is 0 Å². The molecular weight excluding hydrogens is 268 g/mol. The highest BCUT2D eigenvalue weighted by Gasteiger charge is 2.56. The number of hydrogen-bond donors (Lipinski definition) is 4. The van der Waals surface area contributed by atoms with E-state index < -0.39 is 26.5 Å². The largest absolute Gasteiger partial charge is 0.369 e. The van der Waals surface area contributed by atoms with Gasteiger partial charge in [0, 0.05) is 25.0 Å². The van der Waals surface area contributed by atoms with Crippen LogP contribution in [-0.4, -0.2) is 36.5 Å². The van der Waals surface area contributed by atoms with Crippen LogP contribution in [0.15, 0.2) is 24.4 Å². The maximum atomic E-state index is 11.5. The quantitative estimate of drug-likeness (QED) is 0.586. The average molecular weight is 281 g/mol. The Morgan fingerprint density at radius 1 is 1.29 bits per heavy atom. The highest BCUT2D eigenvalue weighted by atomic mass is 31.2. The normalized spacial score (nSPS) is 19.4. The Morgan fingerprint density at radius 2 is 1.88 bits per heavy atom. The topological polar surface area (TPSA) is 128 Å². The van der Waals surface area contributed by atoms with Gasteiger partial charge >= 0.3 is 7.60 Å². The summed E-state index contributed by atoms with van der Waals surface area (Å²) in [4.78, 5) is 31.1. The van der Waals surface area contributed by atoms with Crippen molar-refractivity contribution in [2.24, 2.45) is 0 Å². The Labute approximate surface area is 97.8 Å². The number of aromatic nitrogens is 1. The molecular formula is C8H13NO6P2. The van der Waals surface area contributed by atoms with Gasteiger partial charge in [0.05, 0.1) is 0 Å². The highest BCUT2D eigenvalue weighted by Crippen LogP contribution is 2.68. The van der Waals surface area contributed by atoms with Crippen molar-refractivity contribution in [3.8, 4) is 0 Å².